The second-order valence-corrected chi connectivity index (χ2v) is 7.83. The number of carbonyl (C=O) groups excluding carboxylic acids is 1. The molecule has 6 heteroatoms. The fourth-order valence-corrected chi connectivity index (χ4v) is 3.96. The van der Waals surface area contributed by atoms with Crippen LogP contribution in [0, 0.1) is 5.82 Å². The monoisotopic (exact) mass is 439 g/mol. The van der Waals surface area contributed by atoms with Crippen molar-refractivity contribution in [1.29, 1.82) is 0 Å². The van der Waals surface area contributed by atoms with Crippen LogP contribution in [0.25, 0.3) is 22.6 Å². The van der Waals surface area contributed by atoms with Crippen LogP contribution in [0.1, 0.15) is 17.5 Å². The number of carbonyl (C=O) groups is 1. The first-order valence-electron chi connectivity index (χ1n) is 10.8. The van der Waals surface area contributed by atoms with Gasteiger partial charge in [-0.2, -0.15) is 0 Å². The van der Waals surface area contributed by atoms with Gasteiger partial charge in [0.15, 0.2) is 11.6 Å². The fraction of sp³-hybridized carbons (Fsp3) is 0.111. The first-order chi connectivity index (χ1) is 16.2. The molecule has 0 spiro atoms. The number of amides is 1. The molecule has 0 atom stereocenters. The minimum Gasteiger partial charge on any atom is -0.453 e. The highest BCUT2D eigenvalue weighted by molar-refractivity contribution is 5.95. The molecule has 0 bridgehead atoms. The van der Waals surface area contributed by atoms with Crippen molar-refractivity contribution >= 4 is 28.5 Å². The third-order valence-corrected chi connectivity index (χ3v) is 5.69. The summed E-state index contributed by atoms with van der Waals surface area (Å²) in [5, 5.41) is 1.20. The van der Waals surface area contributed by atoms with Gasteiger partial charge in [0.2, 0.25) is 5.91 Å². The number of rotatable bonds is 5. The minimum atomic E-state index is -0.502. The summed E-state index contributed by atoms with van der Waals surface area (Å²) in [6.45, 7) is 1.19. The number of para-hydroxylation sites is 1. The van der Waals surface area contributed by atoms with Crippen molar-refractivity contribution in [1.82, 2.24) is 14.9 Å². The SMILES string of the molecule is O=C(/C=C/c1ccc(Oc2cccnc2)c(F)c1)N1CC=C(c2c[nH]c3ccccc23)CC1. The van der Waals surface area contributed by atoms with Crippen molar-refractivity contribution < 1.29 is 13.9 Å². The molecule has 0 saturated carbocycles. The topological polar surface area (TPSA) is 58.2 Å². The van der Waals surface area contributed by atoms with Crippen molar-refractivity contribution in [3.63, 3.8) is 0 Å². The van der Waals surface area contributed by atoms with Gasteiger partial charge in [0.05, 0.1) is 6.20 Å². The van der Waals surface area contributed by atoms with E-state index in [1.165, 1.54) is 34.9 Å². The molecular weight excluding hydrogens is 417 g/mol. The second-order valence-electron chi connectivity index (χ2n) is 7.83. The van der Waals surface area contributed by atoms with E-state index in [9.17, 15) is 9.18 Å². The number of H-pyrrole nitrogens is 1. The number of benzene rings is 2. The van der Waals surface area contributed by atoms with Crippen LogP contribution < -0.4 is 4.74 Å². The molecule has 0 unspecified atom stereocenters. The van der Waals surface area contributed by atoms with Gasteiger partial charge in [0.25, 0.3) is 0 Å². The number of nitrogens with zero attached hydrogens (tertiary/aromatic N) is 2. The first kappa shape index (κ1) is 20.7. The molecule has 5 rings (SSSR count). The molecule has 4 aromatic rings. The van der Waals surface area contributed by atoms with Gasteiger partial charge in [0, 0.05) is 48.0 Å². The Morgan fingerprint density at radius 1 is 1.15 bits per heavy atom. The van der Waals surface area contributed by atoms with E-state index < -0.39 is 5.82 Å². The average Bonchev–Trinajstić information content (AvgIpc) is 3.29. The van der Waals surface area contributed by atoms with E-state index in [4.69, 9.17) is 4.74 Å². The molecule has 1 amide bonds. The molecule has 2 aromatic heterocycles. The highest BCUT2D eigenvalue weighted by Crippen LogP contribution is 2.29. The largest absolute Gasteiger partial charge is 0.453 e. The fourth-order valence-electron chi connectivity index (χ4n) is 3.96. The third kappa shape index (κ3) is 4.55. The molecule has 164 valence electrons. The molecule has 0 fully saturated rings. The summed E-state index contributed by atoms with van der Waals surface area (Å²) < 4.78 is 19.9. The van der Waals surface area contributed by atoms with Gasteiger partial charge in [-0.15, -0.1) is 0 Å². The highest BCUT2D eigenvalue weighted by atomic mass is 19.1. The van der Waals surface area contributed by atoms with Crippen LogP contribution in [0.3, 0.4) is 0 Å². The highest BCUT2D eigenvalue weighted by Gasteiger charge is 2.18. The van der Waals surface area contributed by atoms with Crippen LogP contribution in [0.5, 0.6) is 11.5 Å². The molecule has 3 heterocycles. The predicted molar refractivity (Wildman–Crippen MR) is 127 cm³/mol. The van der Waals surface area contributed by atoms with E-state index in [2.05, 4.69) is 28.2 Å². The van der Waals surface area contributed by atoms with Crippen molar-refractivity contribution in [3.05, 3.63) is 102 Å². The van der Waals surface area contributed by atoms with Gasteiger partial charge in [-0.25, -0.2) is 4.39 Å². The van der Waals surface area contributed by atoms with Gasteiger partial charge in [-0.05, 0) is 54.0 Å². The number of aromatic nitrogens is 2. The predicted octanol–water partition coefficient (Wildman–Crippen LogP) is 5.82. The summed E-state index contributed by atoms with van der Waals surface area (Å²) in [6, 6.07) is 16.2. The van der Waals surface area contributed by atoms with E-state index >= 15 is 0 Å². The van der Waals surface area contributed by atoms with Crippen molar-refractivity contribution in [3.8, 4) is 11.5 Å². The molecule has 1 N–H and O–H groups in total. The average molecular weight is 439 g/mol. The second kappa shape index (κ2) is 9.12. The van der Waals surface area contributed by atoms with Crippen LogP contribution in [0.4, 0.5) is 4.39 Å². The van der Waals surface area contributed by atoms with Gasteiger partial charge in [-0.1, -0.05) is 30.3 Å². The first-order valence-corrected chi connectivity index (χ1v) is 10.8. The number of ether oxygens (including phenoxy) is 1. The summed E-state index contributed by atoms with van der Waals surface area (Å²) in [6.07, 6.45) is 11.2. The molecule has 5 nitrogen and oxygen atoms in total. The number of aromatic amines is 1. The smallest absolute Gasteiger partial charge is 0.246 e. The zero-order valence-electron chi connectivity index (χ0n) is 17.9. The molecule has 1 aliphatic heterocycles. The van der Waals surface area contributed by atoms with Crippen molar-refractivity contribution in [2.45, 2.75) is 6.42 Å². The Morgan fingerprint density at radius 2 is 2.06 bits per heavy atom. The lowest BCUT2D eigenvalue weighted by atomic mass is 9.99. The summed E-state index contributed by atoms with van der Waals surface area (Å²) >= 11 is 0. The van der Waals surface area contributed by atoms with E-state index in [0.29, 0.717) is 24.4 Å². The number of nitrogens with one attached hydrogen (secondary N) is 1. The maximum atomic E-state index is 14.4. The number of pyridine rings is 1. The molecule has 0 saturated heterocycles. The number of halogens is 1. The Kier molecular flexibility index (Phi) is 5.72. The van der Waals surface area contributed by atoms with Gasteiger partial charge in [-0.3, -0.25) is 9.78 Å². The zero-order chi connectivity index (χ0) is 22.6. The summed E-state index contributed by atoms with van der Waals surface area (Å²) in [4.78, 5) is 21.7. The molecule has 2 aromatic carbocycles. The Hall–Kier alpha value is -4.19. The molecular formula is C27H22FN3O2. The lowest BCUT2D eigenvalue weighted by Crippen LogP contribution is -2.33. The van der Waals surface area contributed by atoms with Crippen molar-refractivity contribution in [2.75, 3.05) is 13.1 Å². The Balaban J connectivity index is 1.23. The molecule has 0 aliphatic carbocycles. The van der Waals surface area contributed by atoms with E-state index in [0.717, 1.165) is 11.9 Å². The molecule has 0 radical (unpaired) electrons. The summed E-state index contributed by atoms with van der Waals surface area (Å²) in [5.41, 5.74) is 4.13. The van der Waals surface area contributed by atoms with Gasteiger partial charge in [0.1, 0.15) is 5.75 Å². The van der Waals surface area contributed by atoms with Crippen LogP contribution in [0.2, 0.25) is 0 Å². The van der Waals surface area contributed by atoms with E-state index in [1.807, 2.05) is 18.3 Å². The number of hydrogen-bond acceptors (Lipinski definition) is 3. The van der Waals surface area contributed by atoms with Crippen LogP contribution in [0.15, 0.2) is 85.3 Å². The molecule has 1 aliphatic rings. The zero-order valence-corrected chi connectivity index (χ0v) is 17.9. The third-order valence-electron chi connectivity index (χ3n) is 5.69. The van der Waals surface area contributed by atoms with Crippen LogP contribution >= 0.6 is 0 Å². The Morgan fingerprint density at radius 3 is 2.85 bits per heavy atom. The van der Waals surface area contributed by atoms with Gasteiger partial charge >= 0.3 is 0 Å². The lowest BCUT2D eigenvalue weighted by molar-refractivity contribution is -0.125. The van der Waals surface area contributed by atoms with E-state index in [-0.39, 0.29) is 11.7 Å². The normalized spacial score (nSPS) is 14.0. The van der Waals surface area contributed by atoms with Crippen molar-refractivity contribution in [2.24, 2.45) is 0 Å². The maximum absolute atomic E-state index is 14.4. The summed E-state index contributed by atoms with van der Waals surface area (Å²) in [5.74, 6) is -0.0319. The summed E-state index contributed by atoms with van der Waals surface area (Å²) in [7, 11) is 0. The maximum Gasteiger partial charge on any atom is 0.246 e. The number of hydrogen-bond donors (Lipinski definition) is 1. The van der Waals surface area contributed by atoms with Crippen LogP contribution in [-0.2, 0) is 4.79 Å². The molecule has 33 heavy (non-hydrogen) atoms. The Bertz CT molecular complexity index is 1360. The standard InChI is InChI=1S/C27H22FN3O2/c28-24-16-19(7-9-26(24)33-21-4-3-13-29-17-21)8-10-27(32)31-14-11-20(12-15-31)23-18-30-25-6-2-1-5-22(23)25/h1-11,13,16-18,30H,12,14-15H2/b10-8+. The lowest BCUT2D eigenvalue weighted by Gasteiger charge is -2.25. The minimum absolute atomic E-state index is 0.0969. The number of fused-ring (bicyclic) bond motifs is 1. The Labute approximate surface area is 190 Å². The van der Waals surface area contributed by atoms with Crippen LogP contribution in [-0.4, -0.2) is 33.9 Å². The van der Waals surface area contributed by atoms with E-state index in [1.54, 1.807) is 41.4 Å². The van der Waals surface area contributed by atoms with Gasteiger partial charge < -0.3 is 14.6 Å². The quantitative estimate of drug-likeness (QED) is 0.399.